The number of halogens is 7. The Morgan fingerprint density at radius 3 is 1.79 bits per heavy atom. The molecule has 9 nitrogen and oxygen atoms in total. The van der Waals surface area contributed by atoms with E-state index in [-0.39, 0.29) is 33.9 Å². The second kappa shape index (κ2) is 15.7. The molecule has 1 fully saturated rings. The second-order valence-corrected chi connectivity index (χ2v) is 13.0. The highest BCUT2D eigenvalue weighted by Crippen LogP contribution is 2.39. The minimum atomic E-state index is -4.83. The maximum absolute atomic E-state index is 13.8. The first-order chi connectivity index (χ1) is 26.5. The van der Waals surface area contributed by atoms with Crippen LogP contribution >= 0.6 is 0 Å². The summed E-state index contributed by atoms with van der Waals surface area (Å²) >= 11 is 0. The van der Waals surface area contributed by atoms with E-state index >= 15 is 0 Å². The van der Waals surface area contributed by atoms with Gasteiger partial charge in [0.2, 0.25) is 10.9 Å². The molecular formula is C40H32F7N5O4. The quantitative estimate of drug-likeness (QED) is 0.130. The van der Waals surface area contributed by atoms with E-state index < -0.39 is 52.0 Å². The number of carbonyl (C=O) groups is 2. The van der Waals surface area contributed by atoms with Crippen molar-refractivity contribution < 1.29 is 40.3 Å². The number of amides is 2. The van der Waals surface area contributed by atoms with Crippen molar-refractivity contribution in [1.82, 2.24) is 9.97 Å². The molecule has 7 rings (SSSR count). The number of benzene rings is 4. The maximum Gasteiger partial charge on any atom is 0.419 e. The summed E-state index contributed by atoms with van der Waals surface area (Å²) in [4.78, 5) is 57.4. The molecule has 1 atom stereocenters. The number of aromatic nitrogens is 2. The Kier molecular flexibility index (Phi) is 11.0. The van der Waals surface area contributed by atoms with Gasteiger partial charge in [-0.25, -0.2) is 4.39 Å². The fraction of sp³-hybridized carbons (Fsp3) is 0.200. The lowest BCUT2D eigenvalue weighted by Gasteiger charge is -2.36. The van der Waals surface area contributed by atoms with Crippen molar-refractivity contribution in [2.45, 2.75) is 44.6 Å². The van der Waals surface area contributed by atoms with Crippen LogP contribution in [0, 0.1) is 5.82 Å². The molecule has 0 spiro atoms. The lowest BCUT2D eigenvalue weighted by molar-refractivity contribution is -0.140. The molecule has 4 aromatic carbocycles. The largest absolute Gasteiger partial charge is 0.419 e. The smallest absolute Gasteiger partial charge is 0.369 e. The Bertz CT molecular complexity index is 2560. The van der Waals surface area contributed by atoms with Crippen LogP contribution in [0.4, 0.5) is 47.8 Å². The van der Waals surface area contributed by atoms with E-state index in [1.54, 1.807) is 48.5 Å². The van der Waals surface area contributed by atoms with Crippen molar-refractivity contribution in [2.75, 3.05) is 22.1 Å². The summed E-state index contributed by atoms with van der Waals surface area (Å²) in [7, 11) is 0. The van der Waals surface area contributed by atoms with Crippen LogP contribution in [-0.2, 0) is 12.4 Å². The number of nitrogens with one attached hydrogen (secondary N) is 4. The van der Waals surface area contributed by atoms with Gasteiger partial charge in [-0.15, -0.1) is 0 Å². The van der Waals surface area contributed by atoms with Crippen molar-refractivity contribution in [3.63, 3.8) is 0 Å². The summed E-state index contributed by atoms with van der Waals surface area (Å²) < 4.78 is 92.5. The van der Waals surface area contributed by atoms with Gasteiger partial charge in [-0.05, 0) is 86.8 Å². The average molecular weight is 780 g/mol. The van der Waals surface area contributed by atoms with E-state index in [9.17, 15) is 49.9 Å². The number of carbonyl (C=O) groups excluding carboxylic acids is 2. The summed E-state index contributed by atoms with van der Waals surface area (Å²) in [6.45, 7) is 2.69. The summed E-state index contributed by atoms with van der Waals surface area (Å²) in [6, 6.07) is 19.2. The van der Waals surface area contributed by atoms with E-state index in [1.807, 2.05) is 11.8 Å². The van der Waals surface area contributed by atoms with Gasteiger partial charge in [-0.1, -0.05) is 24.3 Å². The predicted molar refractivity (Wildman–Crippen MR) is 199 cm³/mol. The van der Waals surface area contributed by atoms with Crippen LogP contribution in [0.3, 0.4) is 0 Å². The van der Waals surface area contributed by atoms with E-state index in [1.165, 1.54) is 24.5 Å². The zero-order valence-corrected chi connectivity index (χ0v) is 29.4. The van der Waals surface area contributed by atoms with Crippen LogP contribution in [0.25, 0.3) is 21.8 Å². The molecule has 3 heterocycles. The molecule has 0 radical (unpaired) electrons. The van der Waals surface area contributed by atoms with Gasteiger partial charge in [0.1, 0.15) is 16.9 Å². The van der Waals surface area contributed by atoms with E-state index in [4.69, 9.17) is 0 Å². The van der Waals surface area contributed by atoms with Gasteiger partial charge < -0.3 is 25.5 Å². The Labute approximate surface area is 313 Å². The van der Waals surface area contributed by atoms with Gasteiger partial charge in [0.25, 0.3) is 11.8 Å². The van der Waals surface area contributed by atoms with E-state index in [0.29, 0.717) is 40.8 Å². The van der Waals surface area contributed by atoms with Crippen molar-refractivity contribution in [2.24, 2.45) is 0 Å². The highest BCUT2D eigenvalue weighted by Gasteiger charge is 2.36. The standard InChI is InChI=1S/C23H22F3N3O2.C17H10F4N2O2/c1-14-6-4-5-11-29(14)15-9-10-20(18(12-15)23(24,25)26)28-22(31)17-13-27-19-8-3-2-7-16(19)21(17)30;18-13-7-9(5-6-12(13)17(19,20)21)23-16(25)11-8-22-14-4-2-1-3-10(14)15(11)24/h2-3,7-10,12-14H,4-6,11H2,1H3,(H,27,30)(H,28,31);1-8H,(H,22,24)(H,23,25)/t14-;/m0./s1. The molecule has 56 heavy (non-hydrogen) atoms. The number of rotatable bonds is 5. The third-order valence-electron chi connectivity index (χ3n) is 9.29. The second-order valence-electron chi connectivity index (χ2n) is 13.0. The average Bonchev–Trinajstić information content (AvgIpc) is 3.15. The number of pyridine rings is 2. The number of fused-ring (bicyclic) bond motifs is 2. The van der Waals surface area contributed by atoms with Crippen LogP contribution in [0.1, 0.15) is 58.0 Å². The van der Waals surface area contributed by atoms with Gasteiger partial charge >= 0.3 is 12.4 Å². The number of nitrogens with zero attached hydrogens (tertiary/aromatic N) is 1. The number of para-hydroxylation sites is 2. The third kappa shape index (κ3) is 8.43. The molecule has 1 aliphatic heterocycles. The van der Waals surface area contributed by atoms with Gasteiger partial charge in [0, 0.05) is 58.2 Å². The monoisotopic (exact) mass is 779 g/mol. The third-order valence-corrected chi connectivity index (χ3v) is 9.29. The number of anilines is 3. The number of H-pyrrole nitrogens is 2. The van der Waals surface area contributed by atoms with Crippen molar-refractivity contribution in [3.05, 3.63) is 146 Å². The van der Waals surface area contributed by atoms with Crippen molar-refractivity contribution in [1.29, 1.82) is 0 Å². The molecule has 290 valence electrons. The topological polar surface area (TPSA) is 127 Å². The fourth-order valence-electron chi connectivity index (χ4n) is 6.42. The molecular weight excluding hydrogens is 747 g/mol. The molecule has 2 aromatic heterocycles. The number of aromatic amines is 2. The molecule has 2 amide bonds. The van der Waals surface area contributed by atoms with Crippen LogP contribution in [0.15, 0.2) is 107 Å². The minimum Gasteiger partial charge on any atom is -0.369 e. The normalized spacial score (nSPS) is 14.6. The summed E-state index contributed by atoms with van der Waals surface area (Å²) in [6.07, 6.45) is -4.18. The van der Waals surface area contributed by atoms with Gasteiger partial charge in [0.05, 0.1) is 16.8 Å². The number of piperidine rings is 1. The summed E-state index contributed by atoms with van der Waals surface area (Å²) in [5.74, 6) is -3.26. The molecule has 16 heteroatoms. The lowest BCUT2D eigenvalue weighted by Crippen LogP contribution is -2.37. The van der Waals surface area contributed by atoms with Crippen LogP contribution in [0.2, 0.25) is 0 Å². The van der Waals surface area contributed by atoms with E-state index in [0.717, 1.165) is 31.4 Å². The highest BCUT2D eigenvalue weighted by atomic mass is 19.4. The Morgan fingerprint density at radius 1 is 0.696 bits per heavy atom. The molecule has 1 saturated heterocycles. The predicted octanol–water partition coefficient (Wildman–Crippen LogP) is 9.12. The van der Waals surface area contributed by atoms with Crippen molar-refractivity contribution in [3.8, 4) is 0 Å². The van der Waals surface area contributed by atoms with Gasteiger partial charge in [-0.2, -0.15) is 26.3 Å². The summed E-state index contributed by atoms with van der Waals surface area (Å²) in [5, 5.41) is 5.08. The zero-order valence-electron chi connectivity index (χ0n) is 29.4. The first-order valence-corrected chi connectivity index (χ1v) is 17.2. The van der Waals surface area contributed by atoms with Gasteiger partial charge in [-0.3, -0.25) is 19.2 Å². The molecule has 1 aliphatic rings. The maximum atomic E-state index is 13.8. The van der Waals surface area contributed by atoms with Crippen LogP contribution in [0.5, 0.6) is 0 Å². The lowest BCUT2D eigenvalue weighted by atomic mass is 10.0. The Morgan fingerprint density at radius 2 is 1.25 bits per heavy atom. The summed E-state index contributed by atoms with van der Waals surface area (Å²) in [5.41, 5.74) is -2.97. The Balaban J connectivity index is 0.000000194. The molecule has 0 unspecified atom stereocenters. The molecule has 0 bridgehead atoms. The van der Waals surface area contributed by atoms with Gasteiger partial charge in [0.15, 0.2) is 0 Å². The zero-order chi connectivity index (χ0) is 40.4. The number of hydrogen-bond acceptors (Lipinski definition) is 5. The number of alkyl halides is 6. The SMILES string of the molecule is C[C@H]1CCCCN1c1ccc(NC(=O)c2c[nH]c3ccccc3c2=O)c(C(F)(F)F)c1.O=C(Nc1ccc(C(F)(F)F)c(F)c1)c1c[nH]c2ccccc2c1=O. The molecule has 6 aromatic rings. The minimum absolute atomic E-state index is 0.145. The fourth-order valence-corrected chi connectivity index (χ4v) is 6.42. The van der Waals surface area contributed by atoms with Crippen LogP contribution in [-0.4, -0.2) is 34.4 Å². The number of hydrogen-bond donors (Lipinski definition) is 4. The van der Waals surface area contributed by atoms with Crippen molar-refractivity contribution >= 4 is 50.7 Å². The molecule has 0 aliphatic carbocycles. The van der Waals surface area contributed by atoms with Crippen LogP contribution < -0.4 is 26.4 Å². The molecule has 0 saturated carbocycles. The van der Waals surface area contributed by atoms with E-state index in [2.05, 4.69) is 20.6 Å². The first-order valence-electron chi connectivity index (χ1n) is 17.2. The Hall–Kier alpha value is -6.45. The first kappa shape index (κ1) is 39.2. The highest BCUT2D eigenvalue weighted by molar-refractivity contribution is 6.06. The molecule has 4 N–H and O–H groups in total.